The van der Waals surface area contributed by atoms with Gasteiger partial charge < -0.3 is 24.6 Å². The third-order valence-electron chi connectivity index (χ3n) is 6.51. The Kier molecular flexibility index (Phi) is 8.52. The molecule has 0 saturated carbocycles. The summed E-state index contributed by atoms with van der Waals surface area (Å²) in [4.78, 5) is 28.0. The van der Waals surface area contributed by atoms with Crippen LogP contribution in [0.5, 0.6) is 5.75 Å². The molecule has 0 aliphatic rings. The Morgan fingerprint density at radius 2 is 1.75 bits per heavy atom. The van der Waals surface area contributed by atoms with Crippen LogP contribution < -0.4 is 15.0 Å². The van der Waals surface area contributed by atoms with Crippen LogP contribution in [0.25, 0.3) is 16.6 Å². The standard InChI is InChI=1S/C29H35N7O4/c1-18-25-19(2)36(33-26(25)27(32-31-18)34(4)5)22-14-13-21(28(37)35(6)7)17-24(22)40-23(15-16-39-29(38)30-3)20-11-9-8-10-12-20/h8-14,17,23H,15-16H2,1-7H3,(H,30,38). The molecule has 1 atom stereocenters. The van der Waals surface area contributed by atoms with Crippen molar-refractivity contribution in [2.24, 2.45) is 0 Å². The molecule has 11 nitrogen and oxygen atoms in total. The molecule has 0 radical (unpaired) electrons. The maximum absolute atomic E-state index is 12.9. The van der Waals surface area contributed by atoms with Gasteiger partial charge in [-0.2, -0.15) is 10.2 Å². The summed E-state index contributed by atoms with van der Waals surface area (Å²) in [5.41, 5.74) is 4.37. The molecule has 40 heavy (non-hydrogen) atoms. The number of anilines is 1. The predicted octanol–water partition coefficient (Wildman–Crippen LogP) is 4.07. The van der Waals surface area contributed by atoms with E-state index < -0.39 is 12.2 Å². The largest absolute Gasteiger partial charge is 0.483 e. The molecule has 2 heterocycles. The molecule has 0 fully saturated rings. The van der Waals surface area contributed by atoms with Crippen molar-refractivity contribution in [3.05, 3.63) is 71.0 Å². The fourth-order valence-corrected chi connectivity index (χ4v) is 4.47. The first kappa shape index (κ1) is 28.3. The normalized spacial score (nSPS) is 11.7. The van der Waals surface area contributed by atoms with Crippen molar-refractivity contribution in [3.63, 3.8) is 0 Å². The average Bonchev–Trinajstić information content (AvgIpc) is 3.29. The van der Waals surface area contributed by atoms with Gasteiger partial charge in [-0.3, -0.25) is 4.79 Å². The minimum absolute atomic E-state index is 0.137. The summed E-state index contributed by atoms with van der Waals surface area (Å²) in [5.74, 6) is 0.956. The van der Waals surface area contributed by atoms with E-state index in [4.69, 9.17) is 14.6 Å². The molecule has 0 aliphatic heterocycles. The number of amides is 2. The number of ether oxygens (including phenoxy) is 2. The van der Waals surface area contributed by atoms with E-state index in [0.29, 0.717) is 34.8 Å². The van der Waals surface area contributed by atoms with Crippen LogP contribution in [0, 0.1) is 13.8 Å². The van der Waals surface area contributed by atoms with Gasteiger partial charge in [-0.1, -0.05) is 30.3 Å². The van der Waals surface area contributed by atoms with Crippen molar-refractivity contribution >= 4 is 28.7 Å². The monoisotopic (exact) mass is 545 g/mol. The molecule has 2 aromatic heterocycles. The number of benzene rings is 2. The quantitative estimate of drug-likeness (QED) is 0.335. The Bertz CT molecular complexity index is 1520. The number of fused-ring (bicyclic) bond motifs is 1. The van der Waals surface area contributed by atoms with Crippen LogP contribution in [0.4, 0.5) is 10.6 Å². The lowest BCUT2D eigenvalue weighted by atomic mass is 10.1. The molecule has 0 spiro atoms. The predicted molar refractivity (Wildman–Crippen MR) is 153 cm³/mol. The molecule has 4 aromatic rings. The molecule has 0 saturated heterocycles. The zero-order valence-corrected chi connectivity index (χ0v) is 23.9. The number of carbonyl (C=O) groups excluding carboxylic acids is 2. The number of alkyl carbamates (subject to hydrolysis) is 1. The Hall–Kier alpha value is -4.67. The van der Waals surface area contributed by atoms with E-state index in [0.717, 1.165) is 22.3 Å². The average molecular weight is 546 g/mol. The fourth-order valence-electron chi connectivity index (χ4n) is 4.47. The Morgan fingerprint density at radius 3 is 2.40 bits per heavy atom. The van der Waals surface area contributed by atoms with E-state index in [9.17, 15) is 9.59 Å². The molecule has 4 rings (SSSR count). The SMILES string of the molecule is CNC(=O)OCCC(Oc1cc(C(=O)N(C)C)ccc1-n1nc2c(N(C)C)nnc(C)c2c1C)c1ccccc1. The van der Waals surface area contributed by atoms with Gasteiger partial charge in [-0.05, 0) is 37.6 Å². The Morgan fingerprint density at radius 1 is 1.02 bits per heavy atom. The molecule has 0 aliphatic carbocycles. The van der Waals surface area contributed by atoms with Gasteiger partial charge in [0.15, 0.2) is 5.82 Å². The summed E-state index contributed by atoms with van der Waals surface area (Å²) in [6.45, 7) is 4.01. The first-order valence-corrected chi connectivity index (χ1v) is 12.9. The molecular weight excluding hydrogens is 510 g/mol. The van der Waals surface area contributed by atoms with E-state index >= 15 is 0 Å². The lowest BCUT2D eigenvalue weighted by Crippen LogP contribution is -2.22. The van der Waals surface area contributed by atoms with Gasteiger partial charge in [-0.25, -0.2) is 9.48 Å². The van der Waals surface area contributed by atoms with E-state index in [1.165, 1.54) is 11.9 Å². The van der Waals surface area contributed by atoms with Gasteiger partial charge in [-0.15, -0.1) is 5.10 Å². The second-order valence-electron chi connectivity index (χ2n) is 9.80. The third-order valence-corrected chi connectivity index (χ3v) is 6.51. The van der Waals surface area contributed by atoms with E-state index in [2.05, 4.69) is 15.5 Å². The van der Waals surface area contributed by atoms with Crippen LogP contribution in [0.1, 0.15) is 39.8 Å². The number of carbonyl (C=O) groups is 2. The third kappa shape index (κ3) is 5.83. The molecule has 2 aromatic carbocycles. The summed E-state index contributed by atoms with van der Waals surface area (Å²) in [6, 6.07) is 15.0. The minimum atomic E-state index is -0.515. The second-order valence-corrected chi connectivity index (χ2v) is 9.80. The maximum Gasteiger partial charge on any atom is 0.406 e. The number of nitrogens with zero attached hydrogens (tertiary/aromatic N) is 6. The van der Waals surface area contributed by atoms with Crippen LogP contribution in [0.3, 0.4) is 0 Å². The van der Waals surface area contributed by atoms with Crippen molar-refractivity contribution in [1.29, 1.82) is 0 Å². The first-order valence-electron chi connectivity index (χ1n) is 12.9. The van der Waals surface area contributed by atoms with Gasteiger partial charge >= 0.3 is 6.09 Å². The summed E-state index contributed by atoms with van der Waals surface area (Å²) in [7, 11) is 8.71. The smallest absolute Gasteiger partial charge is 0.406 e. The highest BCUT2D eigenvalue weighted by Gasteiger charge is 2.23. The van der Waals surface area contributed by atoms with E-state index in [1.807, 2.05) is 69.2 Å². The summed E-state index contributed by atoms with van der Waals surface area (Å²) < 4.78 is 13.7. The zero-order chi connectivity index (χ0) is 29.0. The number of hydrogen-bond acceptors (Lipinski definition) is 8. The van der Waals surface area contributed by atoms with Gasteiger partial charge in [0.2, 0.25) is 0 Å². The molecule has 1 unspecified atom stereocenters. The van der Waals surface area contributed by atoms with E-state index in [1.54, 1.807) is 30.9 Å². The topological polar surface area (TPSA) is 115 Å². The van der Waals surface area contributed by atoms with Crippen molar-refractivity contribution in [1.82, 2.24) is 30.2 Å². The maximum atomic E-state index is 12.9. The van der Waals surface area contributed by atoms with Crippen LogP contribution in [-0.2, 0) is 4.74 Å². The molecule has 2 amide bonds. The van der Waals surface area contributed by atoms with Crippen LogP contribution in [0.15, 0.2) is 48.5 Å². The van der Waals surface area contributed by atoms with Gasteiger partial charge in [0.1, 0.15) is 23.1 Å². The van der Waals surface area contributed by atoms with Crippen LogP contribution in [-0.4, -0.2) is 78.7 Å². The van der Waals surface area contributed by atoms with Crippen molar-refractivity contribution in [3.8, 4) is 11.4 Å². The van der Waals surface area contributed by atoms with Crippen molar-refractivity contribution in [2.75, 3.05) is 46.7 Å². The van der Waals surface area contributed by atoms with E-state index in [-0.39, 0.29) is 12.5 Å². The zero-order valence-electron chi connectivity index (χ0n) is 23.9. The highest BCUT2D eigenvalue weighted by Crippen LogP contribution is 2.35. The van der Waals surface area contributed by atoms with Gasteiger partial charge in [0.05, 0.1) is 23.4 Å². The summed E-state index contributed by atoms with van der Waals surface area (Å²) >= 11 is 0. The van der Waals surface area contributed by atoms with Gasteiger partial charge in [0.25, 0.3) is 5.91 Å². The Balaban J connectivity index is 1.85. The highest BCUT2D eigenvalue weighted by molar-refractivity contribution is 5.95. The lowest BCUT2D eigenvalue weighted by molar-refractivity contribution is 0.0825. The number of aromatic nitrogens is 4. The minimum Gasteiger partial charge on any atom is -0.483 e. The van der Waals surface area contributed by atoms with Crippen LogP contribution in [0.2, 0.25) is 0 Å². The molecule has 210 valence electrons. The number of nitrogens with one attached hydrogen (secondary N) is 1. The summed E-state index contributed by atoms with van der Waals surface area (Å²) in [5, 5.41) is 17.0. The summed E-state index contributed by atoms with van der Waals surface area (Å²) in [6.07, 6.45) is -0.596. The number of aryl methyl sites for hydroxylation is 2. The van der Waals surface area contributed by atoms with Crippen molar-refractivity contribution < 1.29 is 19.1 Å². The molecule has 1 N–H and O–H groups in total. The Labute approximate surface area is 233 Å². The second kappa shape index (κ2) is 12.0. The van der Waals surface area contributed by atoms with Crippen molar-refractivity contribution in [2.45, 2.75) is 26.4 Å². The highest BCUT2D eigenvalue weighted by atomic mass is 16.5. The number of hydrogen-bond donors (Lipinski definition) is 1. The fraction of sp³-hybridized carbons (Fsp3) is 0.345. The molecule has 11 heteroatoms. The molecule has 0 bridgehead atoms. The number of rotatable bonds is 9. The first-order chi connectivity index (χ1) is 19.1. The van der Waals surface area contributed by atoms with Crippen LogP contribution >= 0.6 is 0 Å². The lowest BCUT2D eigenvalue weighted by Gasteiger charge is -2.23. The van der Waals surface area contributed by atoms with Gasteiger partial charge in [0, 0.05) is 47.2 Å². The molecular formula is C29H35N7O4.